The van der Waals surface area contributed by atoms with E-state index in [2.05, 4.69) is 40.3 Å². The Morgan fingerprint density at radius 3 is 2.08 bits per heavy atom. The van der Waals surface area contributed by atoms with E-state index in [0.717, 1.165) is 0 Å². The van der Waals surface area contributed by atoms with E-state index in [0.29, 0.717) is 56.9 Å². The lowest BCUT2D eigenvalue weighted by Gasteiger charge is -2.63. The van der Waals surface area contributed by atoms with Crippen molar-refractivity contribution < 1.29 is 113 Å². The van der Waals surface area contributed by atoms with E-state index >= 15 is 0 Å². The largest absolute Gasteiger partial charge is 0.462 e. The number of carbonyl (C=O) groups is 2. The lowest BCUT2D eigenvalue weighted by atomic mass is 9.41. The molecule has 0 amide bonds. The van der Waals surface area contributed by atoms with E-state index < -0.39 is 169 Å². The molecule has 0 aromatic heterocycles. The van der Waals surface area contributed by atoms with Crippen molar-refractivity contribution in [3.63, 3.8) is 0 Å². The molecule has 4 aliphatic carbocycles. The molecule has 23 nitrogen and oxygen atoms in total. The number of fused-ring (bicyclic) bond motifs is 4. The molecule has 0 aromatic carbocycles. The van der Waals surface area contributed by atoms with E-state index in [1.807, 2.05) is 6.92 Å². The molecular formula is C55H86O23. The summed E-state index contributed by atoms with van der Waals surface area (Å²) in [4.78, 5) is 27.4. The third-order valence-corrected chi connectivity index (χ3v) is 20.2. The Morgan fingerprint density at radius 1 is 0.769 bits per heavy atom. The van der Waals surface area contributed by atoms with Gasteiger partial charge in [0.1, 0.15) is 91.1 Å². The maximum absolute atomic E-state index is 14.6. The average molecular weight is 1120 g/mol. The van der Waals surface area contributed by atoms with Crippen LogP contribution in [0, 0.1) is 39.4 Å². The molecule has 5 saturated heterocycles. The smallest absolute Gasteiger partial charge is 0.314 e. The summed E-state index contributed by atoms with van der Waals surface area (Å²) in [5, 5.41) is 110. The minimum absolute atomic E-state index is 0.0459. The summed E-state index contributed by atoms with van der Waals surface area (Å²) in [6, 6.07) is 0. The third-order valence-electron chi connectivity index (χ3n) is 20.2. The quantitative estimate of drug-likeness (QED) is 0.0748. The van der Waals surface area contributed by atoms with E-state index in [1.165, 1.54) is 26.5 Å². The van der Waals surface area contributed by atoms with E-state index in [9.17, 15) is 60.7 Å². The molecule has 28 atom stereocenters. The number of carbonyl (C=O) groups excluding carboxylic acids is 2. The molecule has 0 aromatic rings. The zero-order valence-corrected chi connectivity index (χ0v) is 46.2. The van der Waals surface area contributed by atoms with Crippen molar-refractivity contribution in [2.24, 2.45) is 39.4 Å². The van der Waals surface area contributed by atoms with Crippen LogP contribution in [0.3, 0.4) is 0 Å². The first-order valence-corrected chi connectivity index (χ1v) is 27.8. The number of esters is 2. The fraction of sp³-hybridized carbons (Fsp3) is 0.891. The van der Waals surface area contributed by atoms with Crippen molar-refractivity contribution in [1.82, 2.24) is 0 Å². The van der Waals surface area contributed by atoms with Crippen LogP contribution in [0.4, 0.5) is 0 Å². The molecule has 444 valence electrons. The van der Waals surface area contributed by atoms with Crippen LogP contribution in [0.25, 0.3) is 0 Å². The molecule has 1 spiro atoms. The van der Waals surface area contributed by atoms with Gasteiger partial charge in [0, 0.05) is 19.4 Å². The molecule has 28 unspecified atom stereocenters. The highest BCUT2D eigenvalue weighted by Crippen LogP contribution is 2.77. The van der Waals surface area contributed by atoms with Crippen molar-refractivity contribution in [1.29, 1.82) is 0 Å². The van der Waals surface area contributed by atoms with Gasteiger partial charge in [-0.05, 0) is 94.8 Å². The van der Waals surface area contributed by atoms with Crippen molar-refractivity contribution in [3.05, 3.63) is 23.8 Å². The highest BCUT2D eigenvalue weighted by molar-refractivity contribution is 5.84. The summed E-state index contributed by atoms with van der Waals surface area (Å²) >= 11 is 0. The van der Waals surface area contributed by atoms with Crippen molar-refractivity contribution >= 4 is 11.9 Å². The lowest BCUT2D eigenvalue weighted by Crippen LogP contribution is -2.66. The fourth-order valence-electron chi connectivity index (χ4n) is 16.1. The number of aliphatic hydroxyl groups is 10. The predicted molar refractivity (Wildman–Crippen MR) is 267 cm³/mol. The summed E-state index contributed by atoms with van der Waals surface area (Å²) < 4.78 is 65.9. The van der Waals surface area contributed by atoms with Gasteiger partial charge in [-0.1, -0.05) is 51.5 Å². The van der Waals surface area contributed by atoms with Crippen molar-refractivity contribution in [3.8, 4) is 0 Å². The van der Waals surface area contributed by atoms with Gasteiger partial charge >= 0.3 is 11.9 Å². The molecule has 10 N–H and O–H groups in total. The van der Waals surface area contributed by atoms with Gasteiger partial charge in [0.15, 0.2) is 25.2 Å². The second kappa shape index (κ2) is 22.3. The monoisotopic (exact) mass is 1110 g/mol. The number of hydrogen-bond acceptors (Lipinski definition) is 23. The standard InChI is InChI=1S/C55H86O23/c1-23(2)28(58)14-17-54(9)45-31(72-25(4)57)19-53(8)27-11-12-33-51(5,6)34(15-16-52(33,7)26(27)13-18-55(45,53)50(67)78-54)74-49-44(35(61)29(59)21-70-49)77-47-38(64)37(63)41(24(3)71-47)75-48-40(66)43(36(62)32(20-56)73-48)76-46-39(65)42(68-10)30(60)22-69-46/h11,24,26,28-49,56,58-66H,1,12-22H2,2-10H3. The van der Waals surface area contributed by atoms with Gasteiger partial charge in [0.2, 0.25) is 0 Å². The van der Waals surface area contributed by atoms with E-state index in [4.69, 9.17) is 52.1 Å². The summed E-state index contributed by atoms with van der Waals surface area (Å²) in [6.45, 7) is 17.8. The van der Waals surface area contributed by atoms with Crippen LogP contribution in [0.1, 0.15) is 107 Å². The molecule has 9 rings (SSSR count). The molecule has 5 heterocycles. The number of allylic oxidation sites excluding steroid dienone is 2. The molecule has 5 aliphatic heterocycles. The minimum atomic E-state index is -1.88. The van der Waals surface area contributed by atoms with Crippen LogP contribution in [0.5, 0.6) is 0 Å². The zero-order valence-electron chi connectivity index (χ0n) is 46.2. The van der Waals surface area contributed by atoms with E-state index in [-0.39, 0.29) is 36.4 Å². The molecule has 23 heteroatoms. The summed E-state index contributed by atoms with van der Waals surface area (Å²) in [5.74, 6) is -1.04. The van der Waals surface area contributed by atoms with Crippen LogP contribution in [0.2, 0.25) is 0 Å². The zero-order chi connectivity index (χ0) is 56.9. The van der Waals surface area contributed by atoms with Gasteiger partial charge in [-0.25, -0.2) is 0 Å². The number of ether oxygens (including phenoxy) is 11. The van der Waals surface area contributed by atoms with Crippen LogP contribution in [-0.2, 0) is 61.7 Å². The summed E-state index contributed by atoms with van der Waals surface area (Å²) in [5.41, 5.74) is -1.65. The maximum atomic E-state index is 14.6. The van der Waals surface area contributed by atoms with E-state index in [1.54, 1.807) is 6.92 Å². The SMILES string of the molecule is C=C(C)C(O)CCC1(C)OC(=O)C23CCC4C(=CCC5C(C)(C)C(OC6OCC(O)C(O)C6OC6OC(C)C(OC7OC(CO)C(O)C(OC8OCC(O)C(OC)C8O)C7O)C(O)C6O)CCC45C)C2(C)CC(OC(C)=O)C13. The normalized spacial score (nSPS) is 51.2. The first kappa shape index (κ1) is 60.3. The second-order valence-corrected chi connectivity index (χ2v) is 25.2. The number of rotatable bonds is 15. The Bertz CT molecular complexity index is 2210. The first-order chi connectivity index (χ1) is 36.6. The molecule has 9 aliphatic rings. The Hall–Kier alpha value is -2.34. The van der Waals surface area contributed by atoms with Gasteiger partial charge in [-0.3, -0.25) is 9.59 Å². The first-order valence-electron chi connectivity index (χ1n) is 27.8. The molecule has 3 saturated carbocycles. The molecular weight excluding hydrogens is 1030 g/mol. The van der Waals surface area contributed by atoms with Crippen molar-refractivity contribution in [2.75, 3.05) is 26.9 Å². The van der Waals surface area contributed by atoms with Crippen molar-refractivity contribution in [2.45, 2.75) is 241 Å². The topological polar surface area (TPSA) is 338 Å². The fourth-order valence-corrected chi connectivity index (χ4v) is 16.1. The Morgan fingerprint density at radius 2 is 1.41 bits per heavy atom. The Balaban J connectivity index is 0.887. The van der Waals surface area contributed by atoms with Crippen LogP contribution < -0.4 is 0 Å². The Kier molecular flexibility index (Phi) is 17.3. The van der Waals surface area contributed by atoms with Crippen LogP contribution in [-0.4, -0.2) is 224 Å². The number of hydrogen-bond donors (Lipinski definition) is 10. The van der Waals surface area contributed by atoms with Gasteiger partial charge in [-0.15, -0.1) is 0 Å². The Labute approximate surface area is 455 Å². The van der Waals surface area contributed by atoms with Crippen LogP contribution >= 0.6 is 0 Å². The number of aliphatic hydroxyl groups excluding tert-OH is 10. The highest BCUT2D eigenvalue weighted by atomic mass is 16.8. The summed E-state index contributed by atoms with van der Waals surface area (Å²) in [7, 11) is 1.26. The molecule has 0 bridgehead atoms. The van der Waals surface area contributed by atoms with Crippen LogP contribution in [0.15, 0.2) is 23.8 Å². The van der Waals surface area contributed by atoms with Gasteiger partial charge in [-0.2, -0.15) is 0 Å². The average Bonchev–Trinajstić information content (AvgIpc) is 2.45. The van der Waals surface area contributed by atoms with Gasteiger partial charge in [0.25, 0.3) is 0 Å². The molecule has 78 heavy (non-hydrogen) atoms. The second-order valence-electron chi connectivity index (χ2n) is 25.2. The maximum Gasteiger partial charge on any atom is 0.314 e. The summed E-state index contributed by atoms with van der Waals surface area (Å²) in [6.07, 6.45) is -22.6. The highest BCUT2D eigenvalue weighted by Gasteiger charge is 2.79. The number of methoxy groups -OCH3 is 1. The lowest BCUT2D eigenvalue weighted by molar-refractivity contribution is -0.387. The molecule has 8 fully saturated rings. The third kappa shape index (κ3) is 9.95. The van der Waals surface area contributed by atoms with Gasteiger partial charge < -0.3 is 103 Å². The van der Waals surface area contributed by atoms with Gasteiger partial charge in [0.05, 0.1) is 49.5 Å². The molecule has 0 radical (unpaired) electrons. The number of cyclic esters (lactones) is 1. The predicted octanol–water partition coefficient (Wildman–Crippen LogP) is -0.236. The minimum Gasteiger partial charge on any atom is -0.462 e.